The molecule has 0 radical (unpaired) electrons. The van der Waals surface area contributed by atoms with Gasteiger partial charge < -0.3 is 0 Å². The second-order valence-electron chi connectivity index (χ2n) is 8.28. The van der Waals surface area contributed by atoms with Crippen molar-refractivity contribution in [2.24, 2.45) is 22.8 Å². The highest BCUT2D eigenvalue weighted by atomic mass is 16.2. The number of piperidine rings is 1. The monoisotopic (exact) mass is 339 g/mol. The van der Waals surface area contributed by atoms with Crippen molar-refractivity contribution in [3.63, 3.8) is 0 Å². The molecule has 1 amide bonds. The van der Waals surface area contributed by atoms with Gasteiger partial charge >= 0.3 is 0 Å². The van der Waals surface area contributed by atoms with Crippen LogP contribution < -0.4 is 10.9 Å². The first-order valence-corrected chi connectivity index (χ1v) is 9.44. The van der Waals surface area contributed by atoms with Crippen molar-refractivity contribution in [3.05, 3.63) is 29.8 Å². The van der Waals surface area contributed by atoms with Crippen LogP contribution in [0, 0.1) is 17.4 Å². The summed E-state index contributed by atoms with van der Waals surface area (Å²) in [5.74, 6) is 7.51. The summed E-state index contributed by atoms with van der Waals surface area (Å²) in [4.78, 5) is 15.8. The highest BCUT2D eigenvalue weighted by molar-refractivity contribution is 6.08. The maximum atomic E-state index is 13.2. The number of benzene rings is 1. The zero-order chi connectivity index (χ0) is 17.2. The summed E-state index contributed by atoms with van der Waals surface area (Å²) in [5, 5.41) is 5.20. The van der Waals surface area contributed by atoms with E-state index in [0.717, 1.165) is 50.0 Å². The van der Waals surface area contributed by atoms with Gasteiger partial charge in [0.05, 0.1) is 17.1 Å². The number of amides is 1. The summed E-state index contributed by atoms with van der Waals surface area (Å²) >= 11 is 0. The Labute approximate surface area is 147 Å². The Balaban J connectivity index is 1.53. The van der Waals surface area contributed by atoms with Crippen LogP contribution in [-0.2, 0) is 10.2 Å². The molecule has 1 aliphatic carbocycles. The van der Waals surface area contributed by atoms with Crippen molar-refractivity contribution in [1.82, 2.24) is 4.90 Å². The average Bonchev–Trinajstić information content (AvgIpc) is 3.12. The number of para-hydroxylation sites is 1. The molecule has 25 heavy (non-hydrogen) atoms. The molecule has 3 N–H and O–H groups in total. The highest BCUT2D eigenvalue weighted by Gasteiger charge is 2.61. The fourth-order valence-corrected chi connectivity index (χ4v) is 6.12. The zero-order valence-corrected chi connectivity index (χ0v) is 14.4. The van der Waals surface area contributed by atoms with Crippen LogP contribution >= 0.6 is 0 Å². The number of nitrogens with two attached hydrogens (primary N) is 1. The van der Waals surface area contributed by atoms with Crippen LogP contribution in [0.4, 0.5) is 5.69 Å². The van der Waals surface area contributed by atoms with E-state index in [4.69, 9.17) is 11.4 Å². The molecule has 1 saturated carbocycles. The Kier molecular flexibility index (Phi) is 3.31. The lowest BCUT2D eigenvalue weighted by atomic mass is 9.65. The van der Waals surface area contributed by atoms with Gasteiger partial charge in [0, 0.05) is 12.6 Å². The topological polar surface area (TPSA) is 85.8 Å². The van der Waals surface area contributed by atoms with Crippen LogP contribution in [0.2, 0.25) is 0 Å². The molecular formula is C19H25N5O. The first-order chi connectivity index (χ1) is 12.1. The minimum atomic E-state index is -0.471. The van der Waals surface area contributed by atoms with Gasteiger partial charge in [0.15, 0.2) is 0 Å². The quantitative estimate of drug-likeness (QED) is 0.468. The van der Waals surface area contributed by atoms with Gasteiger partial charge in [0.2, 0.25) is 0 Å². The molecule has 6 nitrogen and oxygen atoms in total. The number of nitrogens with zero attached hydrogens (tertiary/aromatic N) is 3. The maximum Gasteiger partial charge on any atom is 0.253 e. The minimum absolute atomic E-state index is 0.0668. The summed E-state index contributed by atoms with van der Waals surface area (Å²) in [7, 11) is 0. The molecule has 3 fully saturated rings. The number of hydrogen-bond donors (Lipinski definition) is 2. The number of fused-ring (bicyclic) bond motifs is 5. The lowest BCUT2D eigenvalue weighted by Gasteiger charge is -2.47. The molecule has 0 aromatic heterocycles. The van der Waals surface area contributed by atoms with Gasteiger partial charge in [-0.3, -0.25) is 9.69 Å². The Morgan fingerprint density at radius 3 is 2.88 bits per heavy atom. The molecule has 5 rings (SSSR count). The lowest BCUT2D eigenvalue weighted by molar-refractivity contribution is -0.125. The van der Waals surface area contributed by atoms with Crippen LogP contribution in [0.1, 0.15) is 37.7 Å². The number of carbonyl (C=O) groups excluding carboxylic acids is 1. The van der Waals surface area contributed by atoms with E-state index in [2.05, 4.69) is 16.1 Å². The first kappa shape index (κ1) is 15.5. The van der Waals surface area contributed by atoms with E-state index >= 15 is 0 Å². The molecule has 0 unspecified atom stereocenters. The van der Waals surface area contributed by atoms with Gasteiger partial charge in [-0.05, 0) is 62.1 Å². The van der Waals surface area contributed by atoms with E-state index in [1.54, 1.807) is 0 Å². The lowest BCUT2D eigenvalue weighted by Crippen LogP contribution is -2.56. The molecule has 132 valence electrons. The summed E-state index contributed by atoms with van der Waals surface area (Å²) < 4.78 is 0. The molecule has 1 aromatic rings. The zero-order valence-electron chi connectivity index (χ0n) is 14.4. The normalized spacial score (nSPS) is 40.0. The van der Waals surface area contributed by atoms with Crippen molar-refractivity contribution in [2.45, 2.75) is 49.6 Å². The van der Waals surface area contributed by atoms with E-state index in [-0.39, 0.29) is 18.0 Å². The SMILES string of the molecule is N=N[C@H]1CC[C@H]2CN3CC[C@@]4(C(=O)N(N)c5ccccc54)[C@@H]3C[C@@H]2C1. The van der Waals surface area contributed by atoms with Crippen LogP contribution in [0.25, 0.3) is 0 Å². The van der Waals surface area contributed by atoms with Crippen LogP contribution in [0.5, 0.6) is 0 Å². The molecular weight excluding hydrogens is 314 g/mol. The van der Waals surface area contributed by atoms with E-state index in [1.165, 1.54) is 11.4 Å². The number of rotatable bonds is 1. The molecule has 4 aliphatic rings. The third kappa shape index (κ3) is 1.95. The van der Waals surface area contributed by atoms with E-state index in [0.29, 0.717) is 11.8 Å². The van der Waals surface area contributed by atoms with Gasteiger partial charge in [-0.2, -0.15) is 5.11 Å². The van der Waals surface area contributed by atoms with Gasteiger partial charge in [-0.15, -0.1) is 0 Å². The summed E-state index contributed by atoms with van der Waals surface area (Å²) in [6.45, 7) is 2.07. The fraction of sp³-hybridized carbons (Fsp3) is 0.632. The highest BCUT2D eigenvalue weighted by Crippen LogP contribution is 2.54. The predicted molar refractivity (Wildman–Crippen MR) is 94.2 cm³/mol. The number of hydrogen-bond acceptors (Lipinski definition) is 5. The molecule has 1 spiro atoms. The van der Waals surface area contributed by atoms with E-state index in [9.17, 15) is 4.79 Å². The Hall–Kier alpha value is -1.79. The smallest absolute Gasteiger partial charge is 0.253 e. The fourth-order valence-electron chi connectivity index (χ4n) is 6.12. The number of hydrazine groups is 1. The van der Waals surface area contributed by atoms with Gasteiger partial charge in [-0.1, -0.05) is 18.2 Å². The molecule has 1 aromatic carbocycles. The predicted octanol–water partition coefficient (Wildman–Crippen LogP) is 2.44. The summed E-state index contributed by atoms with van der Waals surface area (Å²) in [5.41, 5.74) is 8.92. The Morgan fingerprint density at radius 2 is 2.04 bits per heavy atom. The maximum absolute atomic E-state index is 13.2. The third-order valence-electron chi connectivity index (χ3n) is 7.34. The van der Waals surface area contributed by atoms with Gasteiger partial charge in [-0.25, -0.2) is 16.4 Å². The van der Waals surface area contributed by atoms with Crippen molar-refractivity contribution < 1.29 is 4.79 Å². The standard InChI is InChI=1S/C19H25N5O/c20-22-14-6-5-12-11-23-8-7-19(17(23)10-13(12)9-14)15-3-1-2-4-16(15)24(21)18(19)25/h1-4,12-14,17,20H,5-11,21H2/t12-,13-,14-,17-,19-/m0/s1. The van der Waals surface area contributed by atoms with Crippen molar-refractivity contribution in [2.75, 3.05) is 18.1 Å². The molecule has 5 atom stereocenters. The largest absolute Gasteiger partial charge is 0.299 e. The van der Waals surface area contributed by atoms with Crippen molar-refractivity contribution >= 4 is 11.6 Å². The number of nitrogens with one attached hydrogen (secondary N) is 1. The average molecular weight is 339 g/mol. The summed E-state index contributed by atoms with van der Waals surface area (Å²) in [6.07, 6.45) is 5.13. The Bertz CT molecular complexity index is 736. The van der Waals surface area contributed by atoms with E-state index < -0.39 is 5.41 Å². The number of anilines is 1. The van der Waals surface area contributed by atoms with Crippen LogP contribution in [0.3, 0.4) is 0 Å². The third-order valence-corrected chi connectivity index (χ3v) is 7.34. The number of carbonyl (C=O) groups is 1. The minimum Gasteiger partial charge on any atom is -0.299 e. The van der Waals surface area contributed by atoms with E-state index in [1.807, 2.05) is 18.2 Å². The molecule has 2 saturated heterocycles. The van der Waals surface area contributed by atoms with Crippen molar-refractivity contribution in [3.8, 4) is 0 Å². The van der Waals surface area contributed by atoms with Crippen LogP contribution in [0.15, 0.2) is 29.4 Å². The van der Waals surface area contributed by atoms with Gasteiger partial charge in [0.25, 0.3) is 5.91 Å². The van der Waals surface area contributed by atoms with Gasteiger partial charge in [0.1, 0.15) is 0 Å². The molecule has 3 heterocycles. The van der Waals surface area contributed by atoms with Crippen LogP contribution in [-0.4, -0.2) is 36.0 Å². The second kappa shape index (κ2) is 5.35. The molecule has 0 bridgehead atoms. The molecule has 3 aliphatic heterocycles. The van der Waals surface area contributed by atoms with Crippen molar-refractivity contribution in [1.29, 1.82) is 5.53 Å². The first-order valence-electron chi connectivity index (χ1n) is 9.44. The summed E-state index contributed by atoms with van der Waals surface area (Å²) in [6, 6.07) is 8.46. The molecule has 6 heteroatoms. The second-order valence-corrected chi connectivity index (χ2v) is 8.28. The Morgan fingerprint density at radius 1 is 1.20 bits per heavy atom.